The van der Waals surface area contributed by atoms with E-state index in [0.29, 0.717) is 11.6 Å². The van der Waals surface area contributed by atoms with Gasteiger partial charge in [0.25, 0.3) is 5.56 Å². The topological polar surface area (TPSA) is 59.8 Å². The Hall–Kier alpha value is -1.40. The van der Waals surface area contributed by atoms with Crippen molar-refractivity contribution >= 4 is 28.6 Å². The SMILES string of the molecule is Cc1cnc(C(Nc2cnn(C)c(=O)c2Cl)C2CC2)s1. The zero-order valence-electron chi connectivity index (χ0n) is 11.3. The number of hydrogen-bond acceptors (Lipinski definition) is 5. The van der Waals surface area contributed by atoms with Crippen molar-refractivity contribution in [2.24, 2.45) is 13.0 Å². The molecule has 1 fully saturated rings. The van der Waals surface area contributed by atoms with Crippen molar-refractivity contribution < 1.29 is 0 Å². The summed E-state index contributed by atoms with van der Waals surface area (Å²) >= 11 is 7.78. The van der Waals surface area contributed by atoms with Crippen LogP contribution in [0.25, 0.3) is 0 Å². The lowest BCUT2D eigenvalue weighted by atomic mass is 10.2. The Morgan fingerprint density at radius 2 is 2.25 bits per heavy atom. The minimum Gasteiger partial charge on any atom is -0.373 e. The number of aryl methyl sites for hydroxylation is 2. The highest BCUT2D eigenvalue weighted by Crippen LogP contribution is 2.44. The molecule has 1 aliphatic carbocycles. The molecular formula is C13H15ClN4OS. The fourth-order valence-electron chi connectivity index (χ4n) is 2.11. The lowest BCUT2D eigenvalue weighted by Crippen LogP contribution is -2.22. The summed E-state index contributed by atoms with van der Waals surface area (Å²) in [7, 11) is 1.58. The summed E-state index contributed by atoms with van der Waals surface area (Å²) in [6.45, 7) is 2.04. The van der Waals surface area contributed by atoms with Crippen LogP contribution in [-0.4, -0.2) is 14.8 Å². The van der Waals surface area contributed by atoms with Gasteiger partial charge in [0.2, 0.25) is 0 Å². The van der Waals surface area contributed by atoms with Gasteiger partial charge in [0.1, 0.15) is 10.0 Å². The third-order valence-corrected chi connectivity index (χ3v) is 4.75. The molecule has 1 saturated carbocycles. The van der Waals surface area contributed by atoms with Gasteiger partial charge >= 0.3 is 0 Å². The largest absolute Gasteiger partial charge is 0.373 e. The fraction of sp³-hybridized carbons (Fsp3) is 0.462. The van der Waals surface area contributed by atoms with E-state index in [1.165, 1.54) is 22.4 Å². The Morgan fingerprint density at radius 1 is 1.50 bits per heavy atom. The van der Waals surface area contributed by atoms with Gasteiger partial charge in [-0.2, -0.15) is 5.10 Å². The molecule has 7 heteroatoms. The third kappa shape index (κ3) is 2.58. The van der Waals surface area contributed by atoms with Crippen molar-refractivity contribution in [1.29, 1.82) is 0 Å². The van der Waals surface area contributed by atoms with E-state index in [4.69, 9.17) is 11.6 Å². The summed E-state index contributed by atoms with van der Waals surface area (Å²) in [4.78, 5) is 17.4. The quantitative estimate of drug-likeness (QED) is 0.943. The molecule has 0 radical (unpaired) electrons. The van der Waals surface area contributed by atoms with E-state index in [0.717, 1.165) is 5.01 Å². The lowest BCUT2D eigenvalue weighted by Gasteiger charge is -2.17. The minimum absolute atomic E-state index is 0.111. The zero-order chi connectivity index (χ0) is 14.3. The summed E-state index contributed by atoms with van der Waals surface area (Å²) in [5.74, 6) is 0.556. The first kappa shape index (κ1) is 13.6. The molecule has 0 bridgehead atoms. The summed E-state index contributed by atoms with van der Waals surface area (Å²) in [5, 5.41) is 8.58. The second-order valence-electron chi connectivity index (χ2n) is 5.07. The number of anilines is 1. The maximum atomic E-state index is 11.8. The van der Waals surface area contributed by atoms with Crippen LogP contribution in [0.15, 0.2) is 17.2 Å². The monoisotopic (exact) mass is 310 g/mol. The third-order valence-electron chi connectivity index (χ3n) is 3.39. The smallest absolute Gasteiger partial charge is 0.287 e. The van der Waals surface area contributed by atoms with Crippen LogP contribution >= 0.6 is 22.9 Å². The highest BCUT2D eigenvalue weighted by molar-refractivity contribution is 7.11. The number of nitrogens with one attached hydrogen (secondary N) is 1. The average molecular weight is 311 g/mol. The molecule has 0 spiro atoms. The normalized spacial score (nSPS) is 16.1. The molecule has 20 heavy (non-hydrogen) atoms. The predicted molar refractivity (Wildman–Crippen MR) is 80.4 cm³/mol. The van der Waals surface area contributed by atoms with E-state index in [1.54, 1.807) is 24.6 Å². The van der Waals surface area contributed by atoms with Crippen molar-refractivity contribution in [1.82, 2.24) is 14.8 Å². The molecule has 1 atom stereocenters. The minimum atomic E-state index is -0.290. The van der Waals surface area contributed by atoms with E-state index in [1.807, 2.05) is 13.1 Å². The number of thiazole rings is 1. The van der Waals surface area contributed by atoms with Crippen molar-refractivity contribution in [3.8, 4) is 0 Å². The van der Waals surface area contributed by atoms with E-state index >= 15 is 0 Å². The number of hydrogen-bond donors (Lipinski definition) is 1. The van der Waals surface area contributed by atoms with Crippen LogP contribution in [0.3, 0.4) is 0 Å². The van der Waals surface area contributed by atoms with Crippen LogP contribution in [-0.2, 0) is 7.05 Å². The van der Waals surface area contributed by atoms with Gasteiger partial charge in [-0.1, -0.05) is 11.6 Å². The Balaban J connectivity index is 1.91. The second-order valence-corrected chi connectivity index (χ2v) is 6.71. The molecule has 1 aliphatic rings. The van der Waals surface area contributed by atoms with Gasteiger partial charge in [0.15, 0.2) is 0 Å². The molecule has 0 amide bonds. The van der Waals surface area contributed by atoms with Crippen LogP contribution in [0.2, 0.25) is 5.02 Å². The summed E-state index contributed by atoms with van der Waals surface area (Å²) in [6, 6.07) is 0.111. The molecule has 1 N–H and O–H groups in total. The molecule has 0 aliphatic heterocycles. The molecular weight excluding hydrogens is 296 g/mol. The fourth-order valence-corrected chi connectivity index (χ4v) is 3.25. The first-order chi connectivity index (χ1) is 9.56. The van der Waals surface area contributed by atoms with Crippen molar-refractivity contribution in [2.75, 3.05) is 5.32 Å². The molecule has 5 nitrogen and oxygen atoms in total. The van der Waals surface area contributed by atoms with Crippen molar-refractivity contribution in [2.45, 2.75) is 25.8 Å². The number of nitrogens with zero attached hydrogens (tertiary/aromatic N) is 3. The van der Waals surface area contributed by atoms with Gasteiger partial charge in [-0.3, -0.25) is 4.79 Å². The maximum Gasteiger partial charge on any atom is 0.287 e. The number of aromatic nitrogens is 3. The Morgan fingerprint density at radius 3 is 2.85 bits per heavy atom. The first-order valence-electron chi connectivity index (χ1n) is 6.47. The molecule has 0 saturated heterocycles. The van der Waals surface area contributed by atoms with Gasteiger partial charge in [0.05, 0.1) is 17.9 Å². The molecule has 1 unspecified atom stereocenters. The average Bonchev–Trinajstić information content (AvgIpc) is 3.17. The maximum absolute atomic E-state index is 11.8. The van der Waals surface area contributed by atoms with E-state index in [2.05, 4.69) is 15.4 Å². The molecule has 106 valence electrons. The molecule has 2 aromatic rings. The molecule has 3 rings (SSSR count). The van der Waals surface area contributed by atoms with Gasteiger partial charge in [-0.25, -0.2) is 9.67 Å². The predicted octanol–water partition coefficient (Wildman–Crippen LogP) is 2.76. The summed E-state index contributed by atoms with van der Waals surface area (Å²) in [6.07, 6.45) is 5.82. The Bertz CT molecular complexity index is 692. The van der Waals surface area contributed by atoms with Crippen LogP contribution in [0.5, 0.6) is 0 Å². The van der Waals surface area contributed by atoms with Crippen molar-refractivity contribution in [3.63, 3.8) is 0 Å². The zero-order valence-corrected chi connectivity index (χ0v) is 12.8. The van der Waals surface area contributed by atoms with Crippen molar-refractivity contribution in [3.05, 3.63) is 37.7 Å². The number of rotatable bonds is 4. The van der Waals surface area contributed by atoms with Gasteiger partial charge in [0, 0.05) is 18.1 Å². The van der Waals surface area contributed by atoms with Crippen LogP contribution in [0, 0.1) is 12.8 Å². The Kier molecular flexibility index (Phi) is 3.52. The van der Waals surface area contributed by atoms with Gasteiger partial charge < -0.3 is 5.32 Å². The Labute approximate surface area is 125 Å². The van der Waals surface area contributed by atoms with Crippen LogP contribution in [0.4, 0.5) is 5.69 Å². The first-order valence-corrected chi connectivity index (χ1v) is 7.66. The van der Waals surface area contributed by atoms with Gasteiger partial charge in [-0.15, -0.1) is 11.3 Å². The van der Waals surface area contributed by atoms with Crippen LogP contribution < -0.4 is 10.9 Å². The summed E-state index contributed by atoms with van der Waals surface area (Å²) in [5.41, 5.74) is 0.293. The lowest BCUT2D eigenvalue weighted by molar-refractivity contribution is 0.665. The van der Waals surface area contributed by atoms with Gasteiger partial charge in [-0.05, 0) is 25.7 Å². The van der Waals surface area contributed by atoms with E-state index in [9.17, 15) is 4.79 Å². The highest BCUT2D eigenvalue weighted by atomic mass is 35.5. The van der Waals surface area contributed by atoms with Crippen LogP contribution in [0.1, 0.15) is 28.8 Å². The highest BCUT2D eigenvalue weighted by Gasteiger charge is 2.34. The molecule has 2 aromatic heterocycles. The van der Waals surface area contributed by atoms with E-state index in [-0.39, 0.29) is 16.6 Å². The standard InChI is InChI=1S/C13H15ClN4OS/c1-7-5-15-12(20-7)11(8-3-4-8)17-9-6-16-18(2)13(19)10(9)14/h5-6,8,11,17H,3-4H2,1-2H3. The second kappa shape index (κ2) is 5.18. The van der Waals surface area contributed by atoms with E-state index < -0.39 is 0 Å². The number of halogens is 1. The molecule has 2 heterocycles. The molecule has 0 aromatic carbocycles. The summed E-state index contributed by atoms with van der Waals surface area (Å²) < 4.78 is 1.23.